The van der Waals surface area contributed by atoms with Crippen LogP contribution in [0, 0.1) is 0 Å². The number of hydrogen-bond acceptors (Lipinski definition) is 2. The van der Waals surface area contributed by atoms with Gasteiger partial charge in [0.15, 0.2) is 5.65 Å². The minimum Gasteiger partial charge on any atom is -0.309 e. The summed E-state index contributed by atoms with van der Waals surface area (Å²) < 4.78 is 4.77. The van der Waals surface area contributed by atoms with Gasteiger partial charge in [-0.05, 0) is 76.2 Å². The standard InChI is InChI=1S/C54H38N4/c1-54(2)44-25-12-8-23-42(44)50-45(54)26-16-30-49(50)56(46-27-13-9-19-38(46)35-17-4-3-5-18-35)36-31-33-37(34-32-36)57-48-29-15-11-24-43(48)51-53(57)58-47-28-14-10-21-40(47)39-20-6-7-22-41(39)52(58)55-51/h3-34H,1-2H3. The lowest BCUT2D eigenvalue weighted by atomic mass is 9.82. The van der Waals surface area contributed by atoms with Crippen molar-refractivity contribution in [1.29, 1.82) is 0 Å². The number of anilines is 3. The van der Waals surface area contributed by atoms with Gasteiger partial charge in [0, 0.05) is 44.1 Å². The number of hydrogen-bond donors (Lipinski definition) is 0. The first-order valence-corrected chi connectivity index (χ1v) is 20.1. The fourth-order valence-electron chi connectivity index (χ4n) is 9.87. The molecule has 4 heteroatoms. The van der Waals surface area contributed by atoms with E-state index in [1.54, 1.807) is 0 Å². The number of imidazole rings is 1. The average Bonchev–Trinajstić information content (AvgIpc) is 3.90. The third kappa shape index (κ3) is 4.54. The number of rotatable bonds is 5. The molecule has 3 aromatic heterocycles. The Morgan fingerprint density at radius 3 is 1.88 bits per heavy atom. The van der Waals surface area contributed by atoms with E-state index in [9.17, 15) is 0 Å². The minimum absolute atomic E-state index is 0.124. The molecule has 0 atom stereocenters. The van der Waals surface area contributed by atoms with Crippen molar-refractivity contribution in [1.82, 2.24) is 14.0 Å². The van der Waals surface area contributed by atoms with Crippen LogP contribution in [-0.2, 0) is 5.41 Å². The average molecular weight is 743 g/mol. The largest absolute Gasteiger partial charge is 0.309 e. The molecule has 274 valence electrons. The summed E-state index contributed by atoms with van der Waals surface area (Å²) in [6.07, 6.45) is 0. The molecule has 11 aromatic rings. The highest BCUT2D eigenvalue weighted by molar-refractivity contribution is 6.17. The summed E-state index contributed by atoms with van der Waals surface area (Å²) in [6, 6.07) is 70.5. The molecule has 1 aliphatic carbocycles. The van der Waals surface area contributed by atoms with E-state index in [4.69, 9.17) is 4.98 Å². The van der Waals surface area contributed by atoms with Crippen LogP contribution in [0.2, 0.25) is 0 Å². The first-order valence-electron chi connectivity index (χ1n) is 20.1. The van der Waals surface area contributed by atoms with Crippen LogP contribution in [0.25, 0.3) is 77.3 Å². The Bertz CT molecular complexity index is 3420. The summed E-state index contributed by atoms with van der Waals surface area (Å²) >= 11 is 0. The van der Waals surface area contributed by atoms with Gasteiger partial charge in [-0.15, -0.1) is 0 Å². The van der Waals surface area contributed by atoms with Gasteiger partial charge in [-0.2, -0.15) is 0 Å². The summed E-state index contributed by atoms with van der Waals surface area (Å²) in [6.45, 7) is 4.71. The van der Waals surface area contributed by atoms with Crippen LogP contribution in [0.15, 0.2) is 194 Å². The fourth-order valence-corrected chi connectivity index (χ4v) is 9.87. The summed E-state index contributed by atoms with van der Waals surface area (Å²) in [5, 5.41) is 4.71. The van der Waals surface area contributed by atoms with Crippen molar-refractivity contribution in [3.05, 3.63) is 205 Å². The Balaban J connectivity index is 1.12. The van der Waals surface area contributed by atoms with Gasteiger partial charge in [0.1, 0.15) is 11.2 Å². The molecule has 1 aliphatic rings. The lowest BCUT2D eigenvalue weighted by Crippen LogP contribution is -2.16. The normalized spacial score (nSPS) is 13.1. The molecule has 0 spiro atoms. The van der Waals surface area contributed by atoms with Crippen LogP contribution in [0.1, 0.15) is 25.0 Å². The second-order valence-electron chi connectivity index (χ2n) is 16.0. The maximum Gasteiger partial charge on any atom is 0.151 e. The van der Waals surface area contributed by atoms with Gasteiger partial charge in [-0.3, -0.25) is 8.97 Å². The zero-order valence-corrected chi connectivity index (χ0v) is 32.3. The van der Waals surface area contributed by atoms with Gasteiger partial charge in [0.25, 0.3) is 0 Å². The van der Waals surface area contributed by atoms with Crippen LogP contribution in [0.3, 0.4) is 0 Å². The van der Waals surface area contributed by atoms with E-state index >= 15 is 0 Å². The maximum absolute atomic E-state index is 5.43. The Hall–Kier alpha value is -7.43. The molecule has 0 unspecified atom stereocenters. The second-order valence-corrected chi connectivity index (χ2v) is 16.0. The first kappa shape index (κ1) is 32.8. The molecule has 0 fully saturated rings. The zero-order valence-electron chi connectivity index (χ0n) is 32.3. The van der Waals surface area contributed by atoms with Gasteiger partial charge in [-0.1, -0.05) is 159 Å². The molecule has 0 saturated carbocycles. The fraction of sp³-hybridized carbons (Fsp3) is 0.0556. The highest BCUT2D eigenvalue weighted by Gasteiger charge is 2.38. The molecule has 0 saturated heterocycles. The lowest BCUT2D eigenvalue weighted by molar-refractivity contribution is 0.660. The van der Waals surface area contributed by atoms with E-state index in [1.807, 2.05) is 0 Å². The molecule has 3 heterocycles. The van der Waals surface area contributed by atoms with E-state index in [1.165, 1.54) is 49.8 Å². The Labute approximate surface area is 336 Å². The number of aromatic nitrogens is 3. The van der Waals surface area contributed by atoms with Gasteiger partial charge < -0.3 is 4.90 Å². The van der Waals surface area contributed by atoms with Crippen molar-refractivity contribution in [2.75, 3.05) is 4.90 Å². The molecule has 0 bridgehead atoms. The van der Waals surface area contributed by atoms with Gasteiger partial charge in [-0.25, -0.2) is 4.98 Å². The van der Waals surface area contributed by atoms with Crippen molar-refractivity contribution >= 4 is 66.5 Å². The quantitative estimate of drug-likeness (QED) is 0.164. The van der Waals surface area contributed by atoms with E-state index in [-0.39, 0.29) is 5.41 Å². The topological polar surface area (TPSA) is 25.5 Å². The van der Waals surface area contributed by atoms with Crippen LogP contribution in [0.5, 0.6) is 0 Å². The van der Waals surface area contributed by atoms with Crippen molar-refractivity contribution in [2.24, 2.45) is 0 Å². The summed E-state index contributed by atoms with van der Waals surface area (Å²) in [7, 11) is 0. The van der Waals surface area contributed by atoms with E-state index in [2.05, 4.69) is 222 Å². The van der Waals surface area contributed by atoms with Crippen LogP contribution >= 0.6 is 0 Å². The molecule has 4 nitrogen and oxygen atoms in total. The lowest BCUT2D eigenvalue weighted by Gasteiger charge is -2.30. The third-order valence-corrected chi connectivity index (χ3v) is 12.5. The molecule has 0 amide bonds. The summed E-state index contributed by atoms with van der Waals surface area (Å²) in [5.41, 5.74) is 17.3. The molecule has 58 heavy (non-hydrogen) atoms. The van der Waals surface area contributed by atoms with Crippen LogP contribution in [0.4, 0.5) is 17.1 Å². The number of fused-ring (bicyclic) bond motifs is 13. The molecule has 12 rings (SSSR count). The van der Waals surface area contributed by atoms with Gasteiger partial charge >= 0.3 is 0 Å². The molecular weight excluding hydrogens is 705 g/mol. The zero-order chi connectivity index (χ0) is 38.5. The van der Waals surface area contributed by atoms with Crippen LogP contribution in [-0.4, -0.2) is 14.0 Å². The smallest absolute Gasteiger partial charge is 0.151 e. The van der Waals surface area contributed by atoms with Gasteiger partial charge in [0.2, 0.25) is 0 Å². The predicted octanol–water partition coefficient (Wildman–Crippen LogP) is 14.2. The van der Waals surface area contributed by atoms with E-state index in [0.29, 0.717) is 0 Å². The monoisotopic (exact) mass is 742 g/mol. The molecule has 8 aromatic carbocycles. The molecule has 0 N–H and O–H groups in total. The highest BCUT2D eigenvalue weighted by atomic mass is 15.2. The number of benzene rings is 8. The second kappa shape index (κ2) is 12.3. The van der Waals surface area contributed by atoms with Crippen molar-refractivity contribution in [2.45, 2.75) is 19.3 Å². The summed E-state index contributed by atoms with van der Waals surface area (Å²) in [5.74, 6) is 0. The number of pyridine rings is 1. The molecular formula is C54H38N4. The minimum atomic E-state index is -0.124. The van der Waals surface area contributed by atoms with Gasteiger partial charge in [0.05, 0.1) is 22.4 Å². The van der Waals surface area contributed by atoms with Crippen LogP contribution < -0.4 is 4.90 Å². The SMILES string of the molecule is CC1(C)c2ccccc2-c2c(N(c3ccc(-n4c5ccccc5c5nc6c7ccccc7c7ccccc7n6c54)cc3)c3ccccc3-c3ccccc3)cccc21. The van der Waals surface area contributed by atoms with E-state index < -0.39 is 0 Å². The Kier molecular flexibility index (Phi) is 6.94. The van der Waals surface area contributed by atoms with Crippen molar-refractivity contribution < 1.29 is 0 Å². The molecule has 0 radical (unpaired) electrons. The predicted molar refractivity (Wildman–Crippen MR) is 242 cm³/mol. The highest BCUT2D eigenvalue weighted by Crippen LogP contribution is 2.55. The maximum atomic E-state index is 5.43. The Morgan fingerprint density at radius 2 is 1.07 bits per heavy atom. The molecule has 0 aliphatic heterocycles. The summed E-state index contributed by atoms with van der Waals surface area (Å²) in [4.78, 5) is 7.90. The number of para-hydroxylation sites is 3. The first-order chi connectivity index (χ1) is 28.6. The number of nitrogens with zero attached hydrogens (tertiary/aromatic N) is 4. The Morgan fingerprint density at radius 1 is 0.466 bits per heavy atom. The van der Waals surface area contributed by atoms with E-state index in [0.717, 1.165) is 55.7 Å². The van der Waals surface area contributed by atoms with Crippen molar-refractivity contribution in [3.63, 3.8) is 0 Å². The van der Waals surface area contributed by atoms with Crippen molar-refractivity contribution in [3.8, 4) is 27.9 Å². The third-order valence-electron chi connectivity index (χ3n) is 12.5.